The molecule has 0 aromatic heterocycles. The van der Waals surface area contributed by atoms with Crippen LogP contribution in [0.5, 0.6) is 0 Å². The van der Waals surface area contributed by atoms with E-state index in [0.29, 0.717) is 6.04 Å². The number of thioether (sulfide) groups is 1. The molecule has 3 nitrogen and oxygen atoms in total. The van der Waals surface area contributed by atoms with Gasteiger partial charge in [-0.2, -0.15) is 11.8 Å². The molecule has 0 spiro atoms. The van der Waals surface area contributed by atoms with E-state index in [-0.39, 0.29) is 11.9 Å². The molecule has 2 fully saturated rings. The highest BCUT2D eigenvalue weighted by molar-refractivity contribution is 7.99. The van der Waals surface area contributed by atoms with E-state index in [4.69, 9.17) is 0 Å². The Morgan fingerprint density at radius 3 is 2.64 bits per heavy atom. The zero-order chi connectivity index (χ0) is 9.97. The van der Waals surface area contributed by atoms with Crippen LogP contribution >= 0.6 is 11.8 Å². The van der Waals surface area contributed by atoms with Crippen LogP contribution in [0.2, 0.25) is 0 Å². The van der Waals surface area contributed by atoms with Gasteiger partial charge in [-0.05, 0) is 19.8 Å². The summed E-state index contributed by atoms with van der Waals surface area (Å²) in [6.45, 7) is 4.14. The fourth-order valence-electron chi connectivity index (χ4n) is 1.68. The summed E-state index contributed by atoms with van der Waals surface area (Å²) in [7, 11) is 0. The molecular weight excluding hydrogens is 196 g/mol. The summed E-state index contributed by atoms with van der Waals surface area (Å²) >= 11 is 1.98. The van der Waals surface area contributed by atoms with Crippen LogP contribution in [0.3, 0.4) is 0 Å². The number of nitrogens with zero attached hydrogens (tertiary/aromatic N) is 1. The van der Waals surface area contributed by atoms with Crippen LogP contribution in [-0.2, 0) is 4.79 Å². The average Bonchev–Trinajstić information content (AvgIpc) is 3.02. The maximum Gasteiger partial charge on any atom is 0.237 e. The standard InChI is InChI=1S/C10H18N2OS/c1-8(10(13)11-9-2-3-9)12-4-6-14-7-5-12/h8-9H,2-7H2,1H3,(H,11,13)/t8-/m0/s1. The summed E-state index contributed by atoms with van der Waals surface area (Å²) in [5, 5.41) is 3.06. The Bertz CT molecular complexity index is 212. The van der Waals surface area contributed by atoms with E-state index in [1.807, 2.05) is 18.7 Å². The molecule has 1 amide bonds. The van der Waals surface area contributed by atoms with Gasteiger partial charge in [0.25, 0.3) is 0 Å². The topological polar surface area (TPSA) is 32.3 Å². The van der Waals surface area contributed by atoms with Gasteiger partial charge in [0.05, 0.1) is 6.04 Å². The van der Waals surface area contributed by atoms with Crippen LogP contribution in [-0.4, -0.2) is 47.5 Å². The van der Waals surface area contributed by atoms with Crippen molar-refractivity contribution in [2.75, 3.05) is 24.6 Å². The van der Waals surface area contributed by atoms with Crippen molar-refractivity contribution in [1.29, 1.82) is 0 Å². The predicted octanol–water partition coefficient (Wildman–Crippen LogP) is 0.702. The van der Waals surface area contributed by atoms with E-state index in [0.717, 1.165) is 13.1 Å². The number of hydrogen-bond acceptors (Lipinski definition) is 3. The smallest absolute Gasteiger partial charge is 0.237 e. The minimum Gasteiger partial charge on any atom is -0.352 e. The molecule has 14 heavy (non-hydrogen) atoms. The molecule has 1 atom stereocenters. The minimum absolute atomic E-state index is 0.0662. The number of carbonyl (C=O) groups is 1. The summed E-state index contributed by atoms with van der Waals surface area (Å²) in [5.41, 5.74) is 0. The first-order valence-corrected chi connectivity index (χ1v) is 6.55. The summed E-state index contributed by atoms with van der Waals surface area (Å²) in [6.07, 6.45) is 2.35. The van der Waals surface area contributed by atoms with Crippen LogP contribution in [0.1, 0.15) is 19.8 Å². The van der Waals surface area contributed by atoms with E-state index in [1.165, 1.54) is 24.3 Å². The fraction of sp³-hybridized carbons (Fsp3) is 0.900. The van der Waals surface area contributed by atoms with Crippen molar-refractivity contribution in [3.8, 4) is 0 Å². The van der Waals surface area contributed by atoms with Gasteiger partial charge in [-0.1, -0.05) is 0 Å². The SMILES string of the molecule is C[C@@H](C(=O)NC1CC1)N1CCSCC1. The maximum atomic E-state index is 11.7. The van der Waals surface area contributed by atoms with Crippen LogP contribution in [0.25, 0.3) is 0 Å². The summed E-state index contributed by atoms with van der Waals surface area (Å²) in [6, 6.07) is 0.556. The molecule has 4 heteroatoms. The molecule has 1 aliphatic carbocycles. The number of nitrogens with one attached hydrogen (secondary N) is 1. The molecular formula is C10H18N2OS. The molecule has 1 saturated carbocycles. The van der Waals surface area contributed by atoms with E-state index >= 15 is 0 Å². The van der Waals surface area contributed by atoms with E-state index in [1.54, 1.807) is 0 Å². The molecule has 0 unspecified atom stereocenters. The second kappa shape index (κ2) is 4.53. The van der Waals surface area contributed by atoms with Crippen molar-refractivity contribution in [1.82, 2.24) is 10.2 Å². The minimum atomic E-state index is 0.0662. The first kappa shape index (κ1) is 10.3. The van der Waals surface area contributed by atoms with Crippen molar-refractivity contribution in [3.05, 3.63) is 0 Å². The Labute approximate surface area is 89.6 Å². The molecule has 0 bridgehead atoms. The van der Waals surface area contributed by atoms with Gasteiger partial charge in [-0.15, -0.1) is 0 Å². The van der Waals surface area contributed by atoms with Gasteiger partial charge in [0.1, 0.15) is 0 Å². The molecule has 1 saturated heterocycles. The molecule has 0 aromatic carbocycles. The normalized spacial score (nSPS) is 25.8. The van der Waals surface area contributed by atoms with Gasteiger partial charge in [-0.25, -0.2) is 0 Å². The van der Waals surface area contributed by atoms with Crippen molar-refractivity contribution >= 4 is 17.7 Å². The molecule has 1 heterocycles. The molecule has 2 rings (SSSR count). The fourth-order valence-corrected chi connectivity index (χ4v) is 2.61. The first-order valence-electron chi connectivity index (χ1n) is 5.39. The first-order chi connectivity index (χ1) is 6.77. The molecule has 1 aliphatic heterocycles. The van der Waals surface area contributed by atoms with Crippen molar-refractivity contribution in [2.24, 2.45) is 0 Å². The lowest BCUT2D eigenvalue weighted by molar-refractivity contribution is -0.125. The van der Waals surface area contributed by atoms with Crippen LogP contribution in [0.15, 0.2) is 0 Å². The van der Waals surface area contributed by atoms with Gasteiger partial charge < -0.3 is 5.32 Å². The largest absolute Gasteiger partial charge is 0.352 e. The average molecular weight is 214 g/mol. The zero-order valence-corrected chi connectivity index (χ0v) is 9.48. The third-order valence-corrected chi connectivity index (χ3v) is 3.84. The Morgan fingerprint density at radius 1 is 1.43 bits per heavy atom. The Balaban J connectivity index is 1.78. The van der Waals surface area contributed by atoms with Crippen molar-refractivity contribution in [3.63, 3.8) is 0 Å². The highest BCUT2D eigenvalue weighted by atomic mass is 32.2. The lowest BCUT2D eigenvalue weighted by Crippen LogP contribution is -2.48. The lowest BCUT2D eigenvalue weighted by Gasteiger charge is -2.31. The van der Waals surface area contributed by atoms with E-state index < -0.39 is 0 Å². The quantitative estimate of drug-likeness (QED) is 0.750. The van der Waals surface area contributed by atoms with E-state index in [2.05, 4.69) is 10.2 Å². The summed E-state index contributed by atoms with van der Waals surface area (Å²) < 4.78 is 0. The van der Waals surface area contributed by atoms with Gasteiger partial charge in [0, 0.05) is 30.6 Å². The van der Waals surface area contributed by atoms with Crippen LogP contribution < -0.4 is 5.32 Å². The number of amides is 1. The Hall–Kier alpha value is -0.220. The molecule has 0 aromatic rings. The molecule has 80 valence electrons. The van der Waals surface area contributed by atoms with Crippen molar-refractivity contribution in [2.45, 2.75) is 31.8 Å². The highest BCUT2D eigenvalue weighted by Crippen LogP contribution is 2.19. The number of rotatable bonds is 3. The third kappa shape index (κ3) is 2.64. The van der Waals surface area contributed by atoms with Gasteiger partial charge in [0.2, 0.25) is 5.91 Å². The number of carbonyl (C=O) groups excluding carboxylic acids is 1. The van der Waals surface area contributed by atoms with Gasteiger partial charge in [-0.3, -0.25) is 9.69 Å². The van der Waals surface area contributed by atoms with Gasteiger partial charge in [0.15, 0.2) is 0 Å². The second-order valence-corrected chi connectivity index (χ2v) is 5.33. The monoisotopic (exact) mass is 214 g/mol. The lowest BCUT2D eigenvalue weighted by atomic mass is 10.2. The molecule has 0 radical (unpaired) electrons. The zero-order valence-electron chi connectivity index (χ0n) is 8.66. The summed E-state index contributed by atoms with van der Waals surface area (Å²) in [5.74, 6) is 2.56. The third-order valence-electron chi connectivity index (χ3n) is 2.90. The van der Waals surface area contributed by atoms with Gasteiger partial charge >= 0.3 is 0 Å². The molecule has 1 N–H and O–H groups in total. The maximum absolute atomic E-state index is 11.7. The van der Waals surface area contributed by atoms with Crippen LogP contribution in [0, 0.1) is 0 Å². The predicted molar refractivity (Wildman–Crippen MR) is 59.5 cm³/mol. The highest BCUT2D eigenvalue weighted by Gasteiger charge is 2.28. The molecule has 2 aliphatic rings. The van der Waals surface area contributed by atoms with Crippen LogP contribution in [0.4, 0.5) is 0 Å². The number of hydrogen-bond donors (Lipinski definition) is 1. The summed E-state index contributed by atoms with van der Waals surface area (Å²) in [4.78, 5) is 14.0. The Kier molecular flexibility index (Phi) is 3.34. The Morgan fingerprint density at radius 2 is 2.07 bits per heavy atom. The van der Waals surface area contributed by atoms with E-state index in [9.17, 15) is 4.79 Å². The van der Waals surface area contributed by atoms with Crippen molar-refractivity contribution < 1.29 is 4.79 Å². The second-order valence-electron chi connectivity index (χ2n) is 4.11.